The van der Waals surface area contributed by atoms with Gasteiger partial charge in [0.05, 0.1) is 12.8 Å². The van der Waals surface area contributed by atoms with Gasteiger partial charge in [-0.25, -0.2) is 0 Å². The number of nitrogens with one attached hydrogen (secondary N) is 1. The van der Waals surface area contributed by atoms with Crippen LogP contribution < -0.4 is 10.1 Å². The normalized spacial score (nSPS) is 11.9. The molecule has 0 spiro atoms. The molecule has 2 heteroatoms. The summed E-state index contributed by atoms with van der Waals surface area (Å²) in [6.45, 7) is 4.24. The Morgan fingerprint density at radius 3 is 2.39 bits per heavy atom. The Kier molecular flexibility index (Phi) is 3.88. The van der Waals surface area contributed by atoms with Crippen molar-refractivity contribution in [2.45, 2.75) is 19.9 Å². The van der Waals surface area contributed by atoms with Crippen LogP contribution in [0.15, 0.2) is 48.5 Å². The Morgan fingerprint density at radius 1 is 1.00 bits per heavy atom. The number of hydrogen-bond acceptors (Lipinski definition) is 2. The van der Waals surface area contributed by atoms with Crippen LogP contribution in [0.3, 0.4) is 0 Å². The summed E-state index contributed by atoms with van der Waals surface area (Å²) >= 11 is 0. The lowest BCUT2D eigenvalue weighted by Crippen LogP contribution is -2.08. The van der Waals surface area contributed by atoms with E-state index in [1.165, 1.54) is 11.1 Å². The average Bonchev–Trinajstić information content (AvgIpc) is 2.42. The smallest absolute Gasteiger partial charge is 0.142 e. The van der Waals surface area contributed by atoms with Crippen molar-refractivity contribution in [3.05, 3.63) is 59.7 Å². The Balaban J connectivity index is 2.24. The molecule has 0 saturated heterocycles. The van der Waals surface area contributed by atoms with E-state index < -0.39 is 0 Å². The highest BCUT2D eigenvalue weighted by atomic mass is 16.5. The molecule has 0 aliphatic carbocycles. The summed E-state index contributed by atoms with van der Waals surface area (Å²) in [5.74, 6) is 0.887. The van der Waals surface area contributed by atoms with Crippen molar-refractivity contribution >= 4 is 5.69 Å². The number of methoxy groups -OCH3 is 1. The summed E-state index contributed by atoms with van der Waals surface area (Å²) < 4.78 is 5.40. The van der Waals surface area contributed by atoms with Gasteiger partial charge in [-0.2, -0.15) is 0 Å². The van der Waals surface area contributed by atoms with E-state index in [0.29, 0.717) is 0 Å². The van der Waals surface area contributed by atoms with E-state index in [2.05, 4.69) is 49.5 Å². The predicted molar refractivity (Wildman–Crippen MR) is 76.2 cm³/mol. The largest absolute Gasteiger partial charge is 0.495 e. The molecule has 2 aromatic rings. The topological polar surface area (TPSA) is 21.3 Å². The van der Waals surface area contributed by atoms with Gasteiger partial charge < -0.3 is 10.1 Å². The number of aryl methyl sites for hydroxylation is 1. The number of para-hydroxylation sites is 1. The zero-order valence-electron chi connectivity index (χ0n) is 11.1. The van der Waals surface area contributed by atoms with E-state index >= 15 is 0 Å². The van der Waals surface area contributed by atoms with Crippen molar-refractivity contribution in [2.75, 3.05) is 12.4 Å². The van der Waals surface area contributed by atoms with Gasteiger partial charge >= 0.3 is 0 Å². The van der Waals surface area contributed by atoms with Crippen LogP contribution in [0.5, 0.6) is 5.75 Å². The highest BCUT2D eigenvalue weighted by Gasteiger charge is 2.10. The third kappa shape index (κ3) is 2.65. The third-order valence-electron chi connectivity index (χ3n) is 3.11. The Hall–Kier alpha value is -1.96. The molecule has 0 saturated carbocycles. The van der Waals surface area contributed by atoms with E-state index in [4.69, 9.17) is 4.74 Å². The number of hydrogen-bond donors (Lipinski definition) is 1. The summed E-state index contributed by atoms with van der Waals surface area (Å²) in [5.41, 5.74) is 3.52. The highest BCUT2D eigenvalue weighted by Crippen LogP contribution is 2.31. The minimum absolute atomic E-state index is 0.251. The van der Waals surface area contributed by atoms with Gasteiger partial charge in [-0.15, -0.1) is 0 Å². The fourth-order valence-electron chi connectivity index (χ4n) is 2.04. The van der Waals surface area contributed by atoms with Gasteiger partial charge in [-0.05, 0) is 31.0 Å². The molecular weight excluding hydrogens is 222 g/mol. The molecule has 0 heterocycles. The summed E-state index contributed by atoms with van der Waals surface area (Å²) in [4.78, 5) is 0. The highest BCUT2D eigenvalue weighted by molar-refractivity contribution is 5.62. The van der Waals surface area contributed by atoms with Crippen molar-refractivity contribution in [3.63, 3.8) is 0 Å². The molecule has 2 rings (SSSR count). The number of ether oxygens (including phenoxy) is 1. The maximum absolute atomic E-state index is 5.40. The van der Waals surface area contributed by atoms with Crippen LogP contribution in [0.1, 0.15) is 24.1 Å². The van der Waals surface area contributed by atoms with Crippen LogP contribution in [0, 0.1) is 6.92 Å². The van der Waals surface area contributed by atoms with Crippen molar-refractivity contribution in [1.29, 1.82) is 0 Å². The van der Waals surface area contributed by atoms with E-state index in [1.807, 2.05) is 18.2 Å². The van der Waals surface area contributed by atoms with Crippen molar-refractivity contribution in [2.24, 2.45) is 0 Å². The molecule has 0 fully saturated rings. The van der Waals surface area contributed by atoms with Crippen molar-refractivity contribution in [1.82, 2.24) is 0 Å². The first-order chi connectivity index (χ1) is 8.72. The lowest BCUT2D eigenvalue weighted by Gasteiger charge is -2.19. The van der Waals surface area contributed by atoms with Gasteiger partial charge in [0.15, 0.2) is 0 Å². The number of benzene rings is 2. The van der Waals surface area contributed by atoms with E-state index in [0.717, 1.165) is 11.4 Å². The molecule has 1 unspecified atom stereocenters. The van der Waals surface area contributed by atoms with Gasteiger partial charge in [0, 0.05) is 6.04 Å². The monoisotopic (exact) mass is 241 g/mol. The first kappa shape index (κ1) is 12.5. The van der Waals surface area contributed by atoms with E-state index in [9.17, 15) is 0 Å². The standard InChI is InChI=1S/C16H19NO/c1-12-8-7-11-15(18-3)16(12)17-13(2)14-9-5-4-6-10-14/h4-11,13,17H,1-3H3. The third-order valence-corrected chi connectivity index (χ3v) is 3.11. The van der Waals surface area contributed by atoms with Crippen molar-refractivity contribution < 1.29 is 4.74 Å². The Labute approximate surface area is 109 Å². The molecule has 94 valence electrons. The second kappa shape index (κ2) is 5.58. The maximum atomic E-state index is 5.40. The maximum Gasteiger partial charge on any atom is 0.142 e. The van der Waals surface area contributed by atoms with Crippen LogP contribution in [-0.2, 0) is 0 Å². The van der Waals surface area contributed by atoms with Crippen LogP contribution in [-0.4, -0.2) is 7.11 Å². The molecule has 0 aliphatic heterocycles. The van der Waals surface area contributed by atoms with Crippen molar-refractivity contribution in [3.8, 4) is 5.75 Å². The number of rotatable bonds is 4. The second-order valence-corrected chi connectivity index (χ2v) is 4.43. The van der Waals surface area contributed by atoms with E-state index in [-0.39, 0.29) is 6.04 Å². The van der Waals surface area contributed by atoms with Gasteiger partial charge in [-0.3, -0.25) is 0 Å². The van der Waals surface area contributed by atoms with Gasteiger partial charge in [0.25, 0.3) is 0 Å². The van der Waals surface area contributed by atoms with Gasteiger partial charge in [0.2, 0.25) is 0 Å². The fourth-order valence-corrected chi connectivity index (χ4v) is 2.04. The van der Waals surface area contributed by atoms with E-state index in [1.54, 1.807) is 7.11 Å². The minimum atomic E-state index is 0.251. The zero-order valence-corrected chi connectivity index (χ0v) is 11.1. The predicted octanol–water partition coefficient (Wildman–Crippen LogP) is 4.18. The molecule has 2 nitrogen and oxygen atoms in total. The quantitative estimate of drug-likeness (QED) is 0.867. The Morgan fingerprint density at radius 2 is 1.72 bits per heavy atom. The second-order valence-electron chi connectivity index (χ2n) is 4.43. The van der Waals surface area contributed by atoms with Crippen LogP contribution in [0.25, 0.3) is 0 Å². The molecule has 0 radical (unpaired) electrons. The summed E-state index contributed by atoms with van der Waals surface area (Å²) in [7, 11) is 1.70. The molecule has 1 atom stereocenters. The Bertz CT molecular complexity index is 508. The SMILES string of the molecule is COc1cccc(C)c1NC(C)c1ccccc1. The lowest BCUT2D eigenvalue weighted by atomic mass is 10.1. The zero-order chi connectivity index (χ0) is 13.0. The molecule has 1 N–H and O–H groups in total. The molecule has 0 bridgehead atoms. The van der Waals surface area contributed by atoms with Crippen LogP contribution >= 0.6 is 0 Å². The molecule has 18 heavy (non-hydrogen) atoms. The molecule has 2 aromatic carbocycles. The first-order valence-corrected chi connectivity index (χ1v) is 6.17. The fraction of sp³-hybridized carbons (Fsp3) is 0.250. The van der Waals surface area contributed by atoms with Gasteiger partial charge in [-0.1, -0.05) is 42.5 Å². The lowest BCUT2D eigenvalue weighted by molar-refractivity contribution is 0.416. The molecule has 0 aliphatic rings. The molecule has 0 amide bonds. The number of anilines is 1. The van der Waals surface area contributed by atoms with Gasteiger partial charge in [0.1, 0.15) is 5.75 Å². The summed E-state index contributed by atoms with van der Waals surface area (Å²) in [6.07, 6.45) is 0. The minimum Gasteiger partial charge on any atom is -0.495 e. The average molecular weight is 241 g/mol. The molecule has 0 aromatic heterocycles. The van der Waals surface area contributed by atoms with Crippen LogP contribution in [0.4, 0.5) is 5.69 Å². The first-order valence-electron chi connectivity index (χ1n) is 6.17. The molecular formula is C16H19NO. The summed E-state index contributed by atoms with van der Waals surface area (Å²) in [6, 6.07) is 16.7. The summed E-state index contributed by atoms with van der Waals surface area (Å²) in [5, 5.41) is 3.52. The van der Waals surface area contributed by atoms with Crippen LogP contribution in [0.2, 0.25) is 0 Å².